The van der Waals surface area contributed by atoms with E-state index in [0.717, 1.165) is 11.1 Å². The van der Waals surface area contributed by atoms with Crippen LogP contribution >= 0.6 is 15.9 Å². The number of rotatable bonds is 3. The van der Waals surface area contributed by atoms with Gasteiger partial charge in [0, 0.05) is 15.6 Å². The van der Waals surface area contributed by atoms with Crippen molar-refractivity contribution in [3.63, 3.8) is 0 Å². The molecule has 2 aromatic carbocycles. The molecule has 0 aromatic heterocycles. The van der Waals surface area contributed by atoms with Gasteiger partial charge < -0.3 is 0 Å². The molecule has 0 spiro atoms. The minimum atomic E-state index is -0.358. The van der Waals surface area contributed by atoms with Crippen LogP contribution in [0.1, 0.15) is 27.0 Å². The van der Waals surface area contributed by atoms with Crippen molar-refractivity contribution in [3.05, 3.63) is 75.0 Å². The summed E-state index contributed by atoms with van der Waals surface area (Å²) in [6, 6.07) is 10.3. The molecule has 0 aliphatic heterocycles. The quantitative estimate of drug-likeness (QED) is 0.564. The first-order chi connectivity index (χ1) is 9.47. The first-order valence-electron chi connectivity index (χ1n) is 6.22. The van der Waals surface area contributed by atoms with Gasteiger partial charge in [-0.2, -0.15) is 0 Å². The molecule has 20 heavy (non-hydrogen) atoms. The van der Waals surface area contributed by atoms with E-state index in [2.05, 4.69) is 15.9 Å². The molecular formula is C17H14BrFO. The zero-order valence-electron chi connectivity index (χ0n) is 11.3. The van der Waals surface area contributed by atoms with E-state index in [1.165, 1.54) is 18.2 Å². The van der Waals surface area contributed by atoms with Gasteiger partial charge in [0.25, 0.3) is 0 Å². The maximum absolute atomic E-state index is 13.6. The van der Waals surface area contributed by atoms with E-state index in [-0.39, 0.29) is 11.6 Å². The van der Waals surface area contributed by atoms with Crippen LogP contribution in [0.2, 0.25) is 0 Å². The van der Waals surface area contributed by atoms with Crippen molar-refractivity contribution in [2.75, 3.05) is 0 Å². The molecule has 3 heteroatoms. The van der Waals surface area contributed by atoms with Gasteiger partial charge in [-0.05, 0) is 55.3 Å². The third-order valence-electron chi connectivity index (χ3n) is 3.17. The molecule has 0 aliphatic carbocycles. The highest BCUT2D eigenvalue weighted by Crippen LogP contribution is 2.17. The van der Waals surface area contributed by atoms with E-state index in [0.29, 0.717) is 15.6 Å². The second kappa shape index (κ2) is 6.14. The number of halogens is 2. The van der Waals surface area contributed by atoms with Crippen molar-refractivity contribution in [1.82, 2.24) is 0 Å². The summed E-state index contributed by atoms with van der Waals surface area (Å²) >= 11 is 3.20. The van der Waals surface area contributed by atoms with E-state index < -0.39 is 0 Å². The van der Waals surface area contributed by atoms with Crippen LogP contribution in [0, 0.1) is 19.7 Å². The third-order valence-corrected chi connectivity index (χ3v) is 3.66. The molecular weight excluding hydrogens is 319 g/mol. The van der Waals surface area contributed by atoms with Gasteiger partial charge in [-0.1, -0.05) is 34.1 Å². The van der Waals surface area contributed by atoms with Crippen LogP contribution in [-0.4, -0.2) is 5.78 Å². The number of carbonyl (C=O) groups excluding carboxylic acids is 1. The Morgan fingerprint density at radius 2 is 1.85 bits per heavy atom. The van der Waals surface area contributed by atoms with E-state index in [9.17, 15) is 9.18 Å². The fraction of sp³-hybridized carbons (Fsp3) is 0.118. The summed E-state index contributed by atoms with van der Waals surface area (Å²) in [7, 11) is 0. The Kier molecular flexibility index (Phi) is 4.50. The predicted molar refractivity (Wildman–Crippen MR) is 83.4 cm³/mol. The van der Waals surface area contributed by atoms with E-state index in [1.807, 2.05) is 26.0 Å². The Labute approximate surface area is 126 Å². The highest BCUT2D eigenvalue weighted by atomic mass is 79.9. The van der Waals surface area contributed by atoms with Gasteiger partial charge in [0.15, 0.2) is 5.78 Å². The first-order valence-corrected chi connectivity index (χ1v) is 7.01. The lowest BCUT2D eigenvalue weighted by molar-refractivity contribution is 0.104. The molecule has 0 unspecified atom stereocenters. The molecule has 102 valence electrons. The Morgan fingerprint density at radius 3 is 2.50 bits per heavy atom. The number of carbonyl (C=O) groups is 1. The molecule has 2 rings (SSSR count). The predicted octanol–water partition coefficient (Wildman–Crippen LogP) is 5.10. The topological polar surface area (TPSA) is 17.1 Å². The molecule has 2 aromatic rings. The molecule has 0 atom stereocenters. The monoisotopic (exact) mass is 332 g/mol. The Hall–Kier alpha value is -1.74. The summed E-state index contributed by atoms with van der Waals surface area (Å²) < 4.78 is 14.3. The molecule has 0 aliphatic rings. The van der Waals surface area contributed by atoms with Gasteiger partial charge in [-0.3, -0.25) is 4.79 Å². The molecule has 0 N–H and O–H groups in total. The van der Waals surface area contributed by atoms with Crippen LogP contribution in [0.5, 0.6) is 0 Å². The summed E-state index contributed by atoms with van der Waals surface area (Å²) in [6.07, 6.45) is 2.90. The molecule has 0 heterocycles. The Bertz CT molecular complexity index is 689. The summed E-state index contributed by atoms with van der Waals surface area (Å²) in [5.41, 5.74) is 3.22. The van der Waals surface area contributed by atoms with E-state index in [1.54, 1.807) is 18.2 Å². The maximum Gasteiger partial charge on any atom is 0.185 e. The van der Waals surface area contributed by atoms with Gasteiger partial charge in [0.2, 0.25) is 0 Å². The van der Waals surface area contributed by atoms with E-state index in [4.69, 9.17) is 0 Å². The fourth-order valence-electron chi connectivity index (χ4n) is 1.79. The normalized spacial score (nSPS) is 11.0. The average Bonchev–Trinajstić information content (AvgIpc) is 2.40. The maximum atomic E-state index is 13.6. The number of benzene rings is 2. The van der Waals surface area contributed by atoms with Crippen molar-refractivity contribution in [1.29, 1.82) is 0 Å². The summed E-state index contributed by atoms with van der Waals surface area (Å²) in [5.74, 6) is -0.487. The van der Waals surface area contributed by atoms with Gasteiger partial charge in [-0.15, -0.1) is 0 Å². The van der Waals surface area contributed by atoms with E-state index >= 15 is 0 Å². The fourth-order valence-corrected chi connectivity index (χ4v) is 2.13. The lowest BCUT2D eigenvalue weighted by Crippen LogP contribution is -1.96. The molecule has 0 amide bonds. The second-order valence-corrected chi connectivity index (χ2v) is 5.58. The minimum absolute atomic E-state index is 0.129. The number of allylic oxidation sites excluding steroid dienone is 1. The lowest BCUT2D eigenvalue weighted by atomic mass is 10.0. The Morgan fingerprint density at radius 1 is 1.10 bits per heavy atom. The van der Waals surface area contributed by atoms with Gasteiger partial charge in [0.1, 0.15) is 5.82 Å². The number of hydrogen-bond donors (Lipinski definition) is 0. The standard InChI is InChI=1S/C17H14BrFO/c1-11-3-4-14(9-12(11)2)17(20)8-6-13-5-7-15(18)10-16(13)19/h3-10H,1-2H3/b8-6+. The van der Waals surface area contributed by atoms with Crippen LogP contribution < -0.4 is 0 Å². The SMILES string of the molecule is Cc1ccc(C(=O)/C=C/c2ccc(Br)cc2F)cc1C. The number of ketones is 1. The number of aryl methyl sites for hydroxylation is 2. The summed E-state index contributed by atoms with van der Waals surface area (Å²) in [4.78, 5) is 12.0. The van der Waals surface area contributed by atoms with Crippen LogP contribution in [0.15, 0.2) is 46.9 Å². The summed E-state index contributed by atoms with van der Waals surface area (Å²) in [5, 5.41) is 0. The molecule has 0 saturated carbocycles. The van der Waals surface area contributed by atoms with Crippen molar-refractivity contribution in [3.8, 4) is 0 Å². The van der Waals surface area contributed by atoms with Crippen molar-refractivity contribution in [2.24, 2.45) is 0 Å². The third kappa shape index (κ3) is 3.42. The molecule has 1 nitrogen and oxygen atoms in total. The highest BCUT2D eigenvalue weighted by Gasteiger charge is 2.04. The second-order valence-electron chi connectivity index (χ2n) is 4.66. The van der Waals surface area contributed by atoms with Gasteiger partial charge in [-0.25, -0.2) is 4.39 Å². The van der Waals surface area contributed by atoms with Crippen molar-refractivity contribution >= 4 is 27.8 Å². The number of hydrogen-bond acceptors (Lipinski definition) is 1. The molecule has 0 saturated heterocycles. The van der Waals surface area contributed by atoms with Crippen LogP contribution in [0.3, 0.4) is 0 Å². The van der Waals surface area contributed by atoms with Gasteiger partial charge in [0.05, 0.1) is 0 Å². The molecule has 0 fully saturated rings. The minimum Gasteiger partial charge on any atom is -0.289 e. The Balaban J connectivity index is 2.22. The summed E-state index contributed by atoms with van der Waals surface area (Å²) in [6.45, 7) is 3.96. The molecule has 0 radical (unpaired) electrons. The average molecular weight is 333 g/mol. The van der Waals surface area contributed by atoms with Crippen molar-refractivity contribution in [2.45, 2.75) is 13.8 Å². The van der Waals surface area contributed by atoms with Crippen LogP contribution in [0.4, 0.5) is 4.39 Å². The lowest BCUT2D eigenvalue weighted by Gasteiger charge is -2.02. The largest absolute Gasteiger partial charge is 0.289 e. The highest BCUT2D eigenvalue weighted by molar-refractivity contribution is 9.10. The first kappa shape index (κ1) is 14.7. The molecule has 0 bridgehead atoms. The van der Waals surface area contributed by atoms with Crippen LogP contribution in [-0.2, 0) is 0 Å². The van der Waals surface area contributed by atoms with Crippen LogP contribution in [0.25, 0.3) is 6.08 Å². The smallest absolute Gasteiger partial charge is 0.185 e. The zero-order chi connectivity index (χ0) is 14.7. The van der Waals surface area contributed by atoms with Crippen molar-refractivity contribution < 1.29 is 9.18 Å². The zero-order valence-corrected chi connectivity index (χ0v) is 12.9. The van der Waals surface area contributed by atoms with Gasteiger partial charge >= 0.3 is 0 Å².